The Bertz CT molecular complexity index is 1060. The molecule has 2 aromatic carbocycles. The van der Waals surface area contributed by atoms with Gasteiger partial charge in [0.2, 0.25) is 21.8 Å². The van der Waals surface area contributed by atoms with E-state index in [1.165, 1.54) is 25.1 Å². The predicted octanol–water partition coefficient (Wildman–Crippen LogP) is 2.67. The summed E-state index contributed by atoms with van der Waals surface area (Å²) in [5, 5.41) is 3.02. The van der Waals surface area contributed by atoms with Crippen LogP contribution in [0.4, 0.5) is 5.69 Å². The summed E-state index contributed by atoms with van der Waals surface area (Å²) in [6.07, 6.45) is 1.36. The fourth-order valence-corrected chi connectivity index (χ4v) is 4.31. The zero-order valence-corrected chi connectivity index (χ0v) is 20.1. The van der Waals surface area contributed by atoms with Crippen LogP contribution in [0, 0.1) is 0 Å². The summed E-state index contributed by atoms with van der Waals surface area (Å²) < 4.78 is 31.3. The van der Waals surface area contributed by atoms with E-state index in [-0.39, 0.29) is 18.1 Å². The first-order chi connectivity index (χ1) is 15.1. The molecular formula is C22H28ClN3O5S. The van der Waals surface area contributed by atoms with Crippen molar-refractivity contribution in [3.8, 4) is 5.75 Å². The lowest BCUT2D eigenvalue weighted by Crippen LogP contribution is -2.51. The number of sulfonamides is 1. The number of hydrogen-bond donors (Lipinski definition) is 1. The smallest absolute Gasteiger partial charge is 0.244 e. The van der Waals surface area contributed by atoms with Gasteiger partial charge in [0.1, 0.15) is 18.3 Å². The maximum absolute atomic E-state index is 13.4. The minimum Gasteiger partial charge on any atom is -0.497 e. The number of ether oxygens (including phenoxy) is 1. The Kier molecular flexibility index (Phi) is 8.91. The third-order valence-corrected chi connectivity index (χ3v) is 6.46. The van der Waals surface area contributed by atoms with Crippen molar-refractivity contribution >= 4 is 39.1 Å². The molecule has 2 aromatic rings. The van der Waals surface area contributed by atoms with E-state index in [0.29, 0.717) is 22.8 Å². The Morgan fingerprint density at radius 2 is 1.84 bits per heavy atom. The van der Waals surface area contributed by atoms with Crippen LogP contribution in [0.1, 0.15) is 18.9 Å². The molecule has 0 heterocycles. The van der Waals surface area contributed by atoms with E-state index < -0.39 is 28.5 Å². The van der Waals surface area contributed by atoms with Crippen molar-refractivity contribution in [3.63, 3.8) is 0 Å². The van der Waals surface area contributed by atoms with Crippen molar-refractivity contribution in [1.29, 1.82) is 0 Å². The quantitative estimate of drug-likeness (QED) is 0.562. The van der Waals surface area contributed by atoms with Gasteiger partial charge in [0.15, 0.2) is 0 Å². The number of likely N-dealkylation sites (N-methyl/N-ethyl adjacent to an activating group) is 1. The van der Waals surface area contributed by atoms with Crippen molar-refractivity contribution < 1.29 is 22.7 Å². The molecule has 0 aliphatic heterocycles. The summed E-state index contributed by atoms with van der Waals surface area (Å²) in [4.78, 5) is 27.3. The van der Waals surface area contributed by atoms with E-state index >= 15 is 0 Å². The monoisotopic (exact) mass is 481 g/mol. The lowest BCUT2D eigenvalue weighted by Gasteiger charge is -2.32. The number of anilines is 1. The summed E-state index contributed by atoms with van der Waals surface area (Å²) >= 11 is 6.28. The van der Waals surface area contributed by atoms with Gasteiger partial charge in [0.05, 0.1) is 19.1 Å². The number of nitrogens with zero attached hydrogens (tertiary/aromatic N) is 2. The highest BCUT2D eigenvalue weighted by atomic mass is 35.5. The highest BCUT2D eigenvalue weighted by Gasteiger charge is 2.31. The zero-order chi connectivity index (χ0) is 23.9. The van der Waals surface area contributed by atoms with Crippen LogP contribution >= 0.6 is 11.6 Å². The molecule has 0 aromatic heterocycles. The van der Waals surface area contributed by atoms with Gasteiger partial charge in [-0.05, 0) is 30.2 Å². The van der Waals surface area contributed by atoms with Crippen LogP contribution < -0.4 is 14.4 Å². The molecule has 0 saturated heterocycles. The first kappa shape index (κ1) is 25.5. The minimum atomic E-state index is -3.81. The van der Waals surface area contributed by atoms with Crippen LogP contribution in [0.15, 0.2) is 48.5 Å². The molecule has 0 radical (unpaired) electrons. The minimum absolute atomic E-state index is 0.0557. The molecule has 1 atom stereocenters. The molecule has 8 nitrogen and oxygen atoms in total. The van der Waals surface area contributed by atoms with Gasteiger partial charge in [0, 0.05) is 24.7 Å². The van der Waals surface area contributed by atoms with E-state index in [9.17, 15) is 18.0 Å². The van der Waals surface area contributed by atoms with Crippen molar-refractivity contribution in [2.24, 2.45) is 0 Å². The summed E-state index contributed by atoms with van der Waals surface area (Å²) in [6, 6.07) is 12.6. The molecule has 0 bridgehead atoms. The molecule has 0 unspecified atom stereocenters. The molecular weight excluding hydrogens is 454 g/mol. The first-order valence-electron chi connectivity index (χ1n) is 9.98. The SMILES string of the molecule is CC[C@@H](C(=O)NC)N(Cc1ccccc1Cl)C(=O)CN(c1cccc(OC)c1)S(C)(=O)=O. The Labute approximate surface area is 194 Å². The van der Waals surface area contributed by atoms with Crippen molar-refractivity contribution in [2.75, 3.05) is 31.3 Å². The van der Waals surface area contributed by atoms with E-state index in [2.05, 4.69) is 5.32 Å². The van der Waals surface area contributed by atoms with Gasteiger partial charge >= 0.3 is 0 Å². The molecule has 10 heteroatoms. The molecule has 0 saturated carbocycles. The van der Waals surface area contributed by atoms with Gasteiger partial charge in [-0.2, -0.15) is 0 Å². The fraction of sp³-hybridized carbons (Fsp3) is 0.364. The van der Waals surface area contributed by atoms with E-state index in [1.807, 2.05) is 0 Å². The van der Waals surface area contributed by atoms with Gasteiger partial charge in [-0.3, -0.25) is 13.9 Å². The largest absolute Gasteiger partial charge is 0.497 e. The van der Waals surface area contributed by atoms with E-state index in [4.69, 9.17) is 16.3 Å². The molecule has 0 aliphatic rings. The van der Waals surface area contributed by atoms with Crippen molar-refractivity contribution in [3.05, 3.63) is 59.1 Å². The van der Waals surface area contributed by atoms with Crippen LogP contribution in [0.3, 0.4) is 0 Å². The highest BCUT2D eigenvalue weighted by Crippen LogP contribution is 2.24. The molecule has 2 amide bonds. The lowest BCUT2D eigenvalue weighted by atomic mass is 10.1. The van der Waals surface area contributed by atoms with Gasteiger partial charge in [0.25, 0.3) is 0 Å². The molecule has 0 aliphatic carbocycles. The van der Waals surface area contributed by atoms with Gasteiger partial charge < -0.3 is 15.0 Å². The number of carbonyl (C=O) groups is 2. The molecule has 2 rings (SSSR count). The maximum atomic E-state index is 13.4. The maximum Gasteiger partial charge on any atom is 0.244 e. The van der Waals surface area contributed by atoms with Crippen LogP contribution in [-0.2, 0) is 26.2 Å². The Morgan fingerprint density at radius 1 is 1.16 bits per heavy atom. The summed E-state index contributed by atoms with van der Waals surface area (Å²) in [7, 11) is -0.851. The zero-order valence-electron chi connectivity index (χ0n) is 18.5. The number of halogens is 1. The van der Waals surface area contributed by atoms with Crippen LogP contribution in [0.25, 0.3) is 0 Å². The Morgan fingerprint density at radius 3 is 2.41 bits per heavy atom. The molecule has 32 heavy (non-hydrogen) atoms. The second-order valence-corrected chi connectivity index (χ2v) is 9.44. The van der Waals surface area contributed by atoms with E-state index in [1.54, 1.807) is 49.4 Å². The number of nitrogens with one attached hydrogen (secondary N) is 1. The number of methoxy groups -OCH3 is 1. The topological polar surface area (TPSA) is 96.0 Å². The number of hydrogen-bond acceptors (Lipinski definition) is 5. The predicted molar refractivity (Wildman–Crippen MR) is 125 cm³/mol. The summed E-state index contributed by atoms with van der Waals surface area (Å²) in [5.41, 5.74) is 0.933. The Balaban J connectivity index is 2.45. The van der Waals surface area contributed by atoms with Crippen LogP contribution in [-0.4, -0.2) is 58.1 Å². The number of amides is 2. The molecule has 1 N–H and O–H groups in total. The third-order valence-electron chi connectivity index (χ3n) is 4.95. The first-order valence-corrected chi connectivity index (χ1v) is 12.2. The molecule has 174 valence electrons. The van der Waals surface area contributed by atoms with Gasteiger partial charge in [-0.1, -0.05) is 42.8 Å². The third kappa shape index (κ3) is 6.37. The van der Waals surface area contributed by atoms with Gasteiger partial charge in [-0.15, -0.1) is 0 Å². The lowest BCUT2D eigenvalue weighted by molar-refractivity contribution is -0.140. The standard InChI is InChI=1S/C22H28ClN3O5S/c1-5-20(22(28)24-2)25(14-16-9-6-7-12-19(16)23)21(27)15-26(32(4,29)30)17-10-8-11-18(13-17)31-3/h6-13,20H,5,14-15H2,1-4H3,(H,24,28)/t20-/m0/s1. The number of carbonyl (C=O) groups excluding carboxylic acids is 2. The van der Waals surface area contributed by atoms with Crippen molar-refractivity contribution in [1.82, 2.24) is 10.2 Å². The van der Waals surface area contributed by atoms with Crippen LogP contribution in [0.5, 0.6) is 5.75 Å². The average molecular weight is 482 g/mol. The Hall–Kier alpha value is -2.78. The van der Waals surface area contributed by atoms with Crippen molar-refractivity contribution in [2.45, 2.75) is 25.9 Å². The number of benzene rings is 2. The average Bonchev–Trinajstić information content (AvgIpc) is 2.77. The second-order valence-electron chi connectivity index (χ2n) is 7.12. The normalized spacial score (nSPS) is 12.0. The van der Waals surface area contributed by atoms with Gasteiger partial charge in [-0.25, -0.2) is 8.42 Å². The second kappa shape index (κ2) is 11.2. The summed E-state index contributed by atoms with van der Waals surface area (Å²) in [6.45, 7) is 1.35. The number of rotatable bonds is 10. The summed E-state index contributed by atoms with van der Waals surface area (Å²) in [5.74, 6) is -0.429. The fourth-order valence-electron chi connectivity index (χ4n) is 3.28. The van der Waals surface area contributed by atoms with E-state index in [0.717, 1.165) is 10.6 Å². The molecule has 0 fully saturated rings. The highest BCUT2D eigenvalue weighted by molar-refractivity contribution is 7.92. The molecule has 0 spiro atoms. The van der Waals surface area contributed by atoms with Crippen LogP contribution in [0.2, 0.25) is 5.02 Å².